The van der Waals surface area contributed by atoms with E-state index in [1.54, 1.807) is 6.08 Å². The number of allylic oxidation sites excluding steroid dienone is 1. The molecule has 0 aromatic heterocycles. The summed E-state index contributed by atoms with van der Waals surface area (Å²) >= 11 is 5.11. The Kier molecular flexibility index (Phi) is 3.09. The molecule has 0 aromatic carbocycles. The minimum Gasteiger partial charge on any atom is -0.300 e. The standard InChI is InChI=1S/C8H12ClNO/c1-10(7-4-5-7)6-2-3-8(9)11/h2-3,7H,4-6H2,1H3/b3-2+. The average Bonchev–Trinajstić information content (AvgIpc) is 2.66. The predicted molar refractivity (Wildman–Crippen MR) is 45.7 cm³/mol. The van der Waals surface area contributed by atoms with Crippen molar-refractivity contribution < 1.29 is 4.79 Å². The van der Waals surface area contributed by atoms with Crippen molar-refractivity contribution in [2.75, 3.05) is 13.6 Å². The maximum absolute atomic E-state index is 10.3. The molecule has 1 rings (SSSR count). The van der Waals surface area contributed by atoms with Crippen LogP contribution in [0.5, 0.6) is 0 Å². The minimum atomic E-state index is -0.394. The normalized spacial score (nSPS) is 18.1. The van der Waals surface area contributed by atoms with Gasteiger partial charge < -0.3 is 0 Å². The third-order valence-corrected chi connectivity index (χ3v) is 1.94. The fourth-order valence-corrected chi connectivity index (χ4v) is 1.07. The summed E-state index contributed by atoms with van der Waals surface area (Å²) in [5.74, 6) is 0. The van der Waals surface area contributed by atoms with Crippen LogP contribution in [0.1, 0.15) is 12.8 Å². The SMILES string of the molecule is CN(C/C=C/C(=O)Cl)C1CC1. The second kappa shape index (κ2) is 3.88. The number of carbonyl (C=O) groups excluding carboxylic acids is 1. The number of rotatable bonds is 4. The zero-order valence-corrected chi connectivity index (χ0v) is 7.34. The van der Waals surface area contributed by atoms with Gasteiger partial charge in [0.2, 0.25) is 5.24 Å². The van der Waals surface area contributed by atoms with Crippen LogP contribution in [0.15, 0.2) is 12.2 Å². The molecule has 0 saturated heterocycles. The monoisotopic (exact) mass is 173 g/mol. The largest absolute Gasteiger partial charge is 0.300 e. The fraction of sp³-hybridized carbons (Fsp3) is 0.625. The summed E-state index contributed by atoms with van der Waals surface area (Å²) in [5.41, 5.74) is 0. The topological polar surface area (TPSA) is 20.3 Å². The van der Waals surface area contributed by atoms with E-state index in [2.05, 4.69) is 11.9 Å². The Balaban J connectivity index is 2.14. The fourth-order valence-electron chi connectivity index (χ4n) is 0.976. The molecule has 0 amide bonds. The third kappa shape index (κ3) is 3.54. The molecule has 1 aliphatic carbocycles. The van der Waals surface area contributed by atoms with Gasteiger partial charge in [0.25, 0.3) is 0 Å². The van der Waals surface area contributed by atoms with E-state index < -0.39 is 5.24 Å². The molecule has 2 nitrogen and oxygen atoms in total. The van der Waals surface area contributed by atoms with Crippen LogP contribution in [0.25, 0.3) is 0 Å². The van der Waals surface area contributed by atoms with E-state index in [1.165, 1.54) is 18.9 Å². The lowest BCUT2D eigenvalue weighted by molar-refractivity contribution is -0.107. The Hall–Kier alpha value is -0.340. The molecular weight excluding hydrogens is 162 g/mol. The van der Waals surface area contributed by atoms with Crippen molar-refractivity contribution in [3.05, 3.63) is 12.2 Å². The molecule has 0 N–H and O–H groups in total. The number of nitrogens with zero attached hydrogens (tertiary/aromatic N) is 1. The highest BCUT2D eigenvalue weighted by molar-refractivity contribution is 6.66. The summed E-state index contributed by atoms with van der Waals surface area (Å²) in [5, 5.41) is -0.394. The van der Waals surface area contributed by atoms with Crippen molar-refractivity contribution >= 4 is 16.8 Å². The zero-order valence-electron chi connectivity index (χ0n) is 6.59. The predicted octanol–water partition coefficient (Wildman–Crippen LogP) is 1.40. The summed E-state index contributed by atoms with van der Waals surface area (Å²) in [6, 6.07) is 0.741. The third-order valence-electron chi connectivity index (χ3n) is 1.81. The Morgan fingerprint density at radius 1 is 1.73 bits per heavy atom. The summed E-state index contributed by atoms with van der Waals surface area (Å²) in [6.45, 7) is 0.823. The van der Waals surface area contributed by atoms with Crippen LogP contribution in [-0.2, 0) is 4.79 Å². The molecule has 0 atom stereocenters. The van der Waals surface area contributed by atoms with Crippen molar-refractivity contribution in [3.8, 4) is 0 Å². The molecule has 62 valence electrons. The molecule has 0 spiro atoms. The maximum atomic E-state index is 10.3. The van der Waals surface area contributed by atoms with Gasteiger partial charge in [-0.1, -0.05) is 6.08 Å². The first-order valence-electron chi connectivity index (χ1n) is 3.76. The van der Waals surface area contributed by atoms with Crippen LogP contribution in [0.2, 0.25) is 0 Å². The molecule has 1 aliphatic rings. The Labute approximate surface area is 71.8 Å². The quantitative estimate of drug-likeness (QED) is 0.473. The highest BCUT2D eigenvalue weighted by Crippen LogP contribution is 2.24. The van der Waals surface area contributed by atoms with Gasteiger partial charge in [0.05, 0.1) is 0 Å². The highest BCUT2D eigenvalue weighted by atomic mass is 35.5. The second-order valence-electron chi connectivity index (χ2n) is 2.88. The van der Waals surface area contributed by atoms with E-state index in [0.717, 1.165) is 12.6 Å². The van der Waals surface area contributed by atoms with Crippen LogP contribution in [-0.4, -0.2) is 29.8 Å². The molecule has 1 fully saturated rings. The van der Waals surface area contributed by atoms with E-state index in [4.69, 9.17) is 11.6 Å². The summed E-state index contributed by atoms with van der Waals surface area (Å²) in [6.07, 6.45) is 5.78. The van der Waals surface area contributed by atoms with Crippen molar-refractivity contribution in [1.82, 2.24) is 4.90 Å². The number of halogens is 1. The average molecular weight is 174 g/mol. The summed E-state index contributed by atoms with van der Waals surface area (Å²) < 4.78 is 0. The van der Waals surface area contributed by atoms with Crippen molar-refractivity contribution in [2.24, 2.45) is 0 Å². The van der Waals surface area contributed by atoms with Gasteiger partial charge in [-0.3, -0.25) is 9.69 Å². The van der Waals surface area contributed by atoms with Crippen molar-refractivity contribution in [2.45, 2.75) is 18.9 Å². The molecule has 0 aromatic rings. The lowest BCUT2D eigenvalue weighted by Crippen LogP contribution is -2.20. The molecule has 0 radical (unpaired) electrons. The van der Waals surface area contributed by atoms with Gasteiger partial charge in [0.15, 0.2) is 0 Å². The van der Waals surface area contributed by atoms with Gasteiger partial charge in [0, 0.05) is 12.6 Å². The first-order valence-corrected chi connectivity index (χ1v) is 4.14. The lowest BCUT2D eigenvalue weighted by atomic mass is 10.4. The number of hydrogen-bond donors (Lipinski definition) is 0. The van der Waals surface area contributed by atoms with Crippen LogP contribution < -0.4 is 0 Å². The van der Waals surface area contributed by atoms with E-state index in [9.17, 15) is 4.79 Å². The Bertz CT molecular complexity index is 175. The zero-order chi connectivity index (χ0) is 8.27. The highest BCUT2D eigenvalue weighted by Gasteiger charge is 2.24. The second-order valence-corrected chi connectivity index (χ2v) is 3.25. The molecule has 0 aliphatic heterocycles. The molecule has 0 heterocycles. The van der Waals surface area contributed by atoms with E-state index in [1.807, 2.05) is 0 Å². The lowest BCUT2D eigenvalue weighted by Gasteiger charge is -2.11. The van der Waals surface area contributed by atoms with Crippen molar-refractivity contribution in [1.29, 1.82) is 0 Å². The van der Waals surface area contributed by atoms with E-state index in [-0.39, 0.29) is 0 Å². The molecule has 0 unspecified atom stereocenters. The van der Waals surface area contributed by atoms with Gasteiger partial charge >= 0.3 is 0 Å². The Morgan fingerprint density at radius 3 is 2.82 bits per heavy atom. The van der Waals surface area contributed by atoms with Crippen LogP contribution in [0.3, 0.4) is 0 Å². The van der Waals surface area contributed by atoms with Gasteiger partial charge in [-0.15, -0.1) is 0 Å². The smallest absolute Gasteiger partial charge is 0.244 e. The molecular formula is C8H12ClNO. The number of carbonyl (C=O) groups is 1. The van der Waals surface area contributed by atoms with Gasteiger partial charge in [-0.25, -0.2) is 0 Å². The maximum Gasteiger partial charge on any atom is 0.244 e. The van der Waals surface area contributed by atoms with E-state index >= 15 is 0 Å². The van der Waals surface area contributed by atoms with Crippen molar-refractivity contribution in [3.63, 3.8) is 0 Å². The van der Waals surface area contributed by atoms with Gasteiger partial charge in [-0.05, 0) is 37.6 Å². The molecule has 11 heavy (non-hydrogen) atoms. The number of hydrogen-bond acceptors (Lipinski definition) is 2. The van der Waals surface area contributed by atoms with Crippen LogP contribution >= 0.6 is 11.6 Å². The minimum absolute atomic E-state index is 0.394. The molecule has 1 saturated carbocycles. The van der Waals surface area contributed by atoms with Gasteiger partial charge in [-0.2, -0.15) is 0 Å². The summed E-state index contributed by atoms with van der Waals surface area (Å²) in [7, 11) is 2.06. The van der Waals surface area contributed by atoms with Gasteiger partial charge in [0.1, 0.15) is 0 Å². The molecule has 3 heteroatoms. The number of likely N-dealkylation sites (N-methyl/N-ethyl adjacent to an activating group) is 1. The summed E-state index contributed by atoms with van der Waals surface area (Å²) in [4.78, 5) is 12.5. The first kappa shape index (κ1) is 8.75. The Morgan fingerprint density at radius 2 is 2.36 bits per heavy atom. The van der Waals surface area contributed by atoms with Crippen LogP contribution in [0.4, 0.5) is 0 Å². The van der Waals surface area contributed by atoms with Crippen LogP contribution in [0, 0.1) is 0 Å². The molecule has 0 bridgehead atoms. The first-order chi connectivity index (χ1) is 5.20. The van der Waals surface area contributed by atoms with E-state index in [0.29, 0.717) is 0 Å².